The van der Waals surface area contributed by atoms with Crippen LogP contribution in [0.5, 0.6) is 5.75 Å². The summed E-state index contributed by atoms with van der Waals surface area (Å²) in [5, 5.41) is 2.24. The van der Waals surface area contributed by atoms with Crippen molar-refractivity contribution in [2.24, 2.45) is 5.92 Å². The highest BCUT2D eigenvalue weighted by atomic mass is 16.5. The summed E-state index contributed by atoms with van der Waals surface area (Å²) in [7, 11) is 7.71. The van der Waals surface area contributed by atoms with E-state index in [1.54, 1.807) is 7.11 Å². The Morgan fingerprint density at radius 2 is 1.83 bits per heavy atom. The molecule has 35 heavy (non-hydrogen) atoms. The van der Waals surface area contributed by atoms with Gasteiger partial charge in [0, 0.05) is 43.6 Å². The first-order valence-electron chi connectivity index (χ1n) is 12.6. The van der Waals surface area contributed by atoms with E-state index in [1.165, 1.54) is 5.56 Å². The zero-order valence-corrected chi connectivity index (χ0v) is 21.2. The van der Waals surface area contributed by atoms with Crippen molar-refractivity contribution in [1.29, 1.82) is 0 Å². The number of hydrogen-bond acceptors (Lipinski definition) is 4. The molecule has 184 valence electrons. The molecule has 2 fully saturated rings. The second-order valence-corrected chi connectivity index (χ2v) is 10.4. The molecule has 1 saturated heterocycles. The molecule has 4 unspecified atom stereocenters. The molecular formula is C30H36N2O3. The van der Waals surface area contributed by atoms with Gasteiger partial charge in [-0.2, -0.15) is 0 Å². The molecule has 0 aromatic heterocycles. The van der Waals surface area contributed by atoms with Crippen molar-refractivity contribution in [3.63, 3.8) is 0 Å². The molecule has 5 nitrogen and oxygen atoms in total. The van der Waals surface area contributed by atoms with E-state index in [2.05, 4.69) is 42.3 Å². The number of ether oxygens (including phenoxy) is 2. The van der Waals surface area contributed by atoms with Crippen molar-refractivity contribution in [2.45, 2.75) is 36.8 Å². The Morgan fingerprint density at radius 3 is 2.60 bits per heavy atom. The summed E-state index contributed by atoms with van der Waals surface area (Å²) in [6, 6.07) is 22.8. The summed E-state index contributed by atoms with van der Waals surface area (Å²) in [4.78, 5) is 18.1. The first-order valence-corrected chi connectivity index (χ1v) is 12.6. The number of rotatable bonds is 5. The largest absolute Gasteiger partial charge is 0.497 e. The van der Waals surface area contributed by atoms with Crippen LogP contribution in [0.2, 0.25) is 0 Å². The van der Waals surface area contributed by atoms with Gasteiger partial charge in [0.1, 0.15) is 5.75 Å². The summed E-state index contributed by atoms with van der Waals surface area (Å²) in [6.07, 6.45) is 2.88. The van der Waals surface area contributed by atoms with Crippen molar-refractivity contribution >= 4 is 16.7 Å². The molecule has 1 amide bonds. The van der Waals surface area contributed by atoms with Crippen LogP contribution in [0.1, 0.15) is 35.2 Å². The molecule has 0 bridgehead atoms. The highest BCUT2D eigenvalue weighted by Crippen LogP contribution is 2.51. The maximum Gasteiger partial charge on any atom is 0.253 e. The van der Waals surface area contributed by atoms with Crippen LogP contribution in [0, 0.1) is 5.92 Å². The summed E-state index contributed by atoms with van der Waals surface area (Å²) < 4.78 is 11.7. The van der Waals surface area contributed by atoms with Crippen LogP contribution < -0.4 is 4.74 Å². The minimum absolute atomic E-state index is 0.0669. The fourth-order valence-electron chi connectivity index (χ4n) is 6.50. The van der Waals surface area contributed by atoms with Gasteiger partial charge in [0.05, 0.1) is 13.2 Å². The third kappa shape index (κ3) is 4.32. The predicted octanol–water partition coefficient (Wildman–Crippen LogP) is 4.99. The zero-order valence-electron chi connectivity index (χ0n) is 21.2. The molecule has 0 radical (unpaired) electrons. The Labute approximate surface area is 208 Å². The highest BCUT2D eigenvalue weighted by Gasteiger charge is 2.53. The number of piperidine rings is 1. The van der Waals surface area contributed by atoms with E-state index < -0.39 is 0 Å². The summed E-state index contributed by atoms with van der Waals surface area (Å²) in [5.74, 6) is 1.31. The molecule has 3 aromatic rings. The molecule has 2 aliphatic rings. The number of fused-ring (bicyclic) bond motifs is 2. The average Bonchev–Trinajstić information content (AvgIpc) is 2.91. The Kier molecular flexibility index (Phi) is 6.56. The smallest absolute Gasteiger partial charge is 0.253 e. The quantitative estimate of drug-likeness (QED) is 0.525. The van der Waals surface area contributed by atoms with E-state index in [4.69, 9.17) is 9.47 Å². The van der Waals surface area contributed by atoms with Crippen LogP contribution in [-0.4, -0.2) is 69.3 Å². The van der Waals surface area contributed by atoms with Crippen LogP contribution in [0.3, 0.4) is 0 Å². The van der Waals surface area contributed by atoms with Gasteiger partial charge in [0.15, 0.2) is 0 Å². The number of carbonyl (C=O) groups excluding carboxylic acids is 1. The maximum atomic E-state index is 13.7. The van der Waals surface area contributed by atoms with E-state index >= 15 is 0 Å². The molecule has 5 heteroatoms. The first kappa shape index (κ1) is 23.8. The first-order chi connectivity index (χ1) is 16.9. The van der Waals surface area contributed by atoms with Gasteiger partial charge in [-0.25, -0.2) is 0 Å². The van der Waals surface area contributed by atoms with Crippen molar-refractivity contribution < 1.29 is 14.3 Å². The Bertz CT molecular complexity index is 1210. The zero-order chi connectivity index (χ0) is 24.6. The van der Waals surface area contributed by atoms with Gasteiger partial charge in [-0.15, -0.1) is 0 Å². The summed E-state index contributed by atoms with van der Waals surface area (Å²) >= 11 is 0. The van der Waals surface area contributed by atoms with Gasteiger partial charge in [-0.3, -0.25) is 4.79 Å². The number of hydrogen-bond donors (Lipinski definition) is 0. The fraction of sp³-hybridized carbons (Fsp3) is 0.433. The van der Waals surface area contributed by atoms with Crippen LogP contribution in [-0.2, 0) is 10.2 Å². The van der Waals surface area contributed by atoms with E-state index in [9.17, 15) is 4.79 Å². The molecular weight excluding hydrogens is 436 g/mol. The van der Waals surface area contributed by atoms with Gasteiger partial charge < -0.3 is 19.3 Å². The Balaban J connectivity index is 1.50. The lowest BCUT2D eigenvalue weighted by Gasteiger charge is -2.56. The lowest BCUT2D eigenvalue weighted by Crippen LogP contribution is -2.61. The van der Waals surface area contributed by atoms with Crippen molar-refractivity contribution in [3.8, 4) is 5.75 Å². The van der Waals surface area contributed by atoms with Crippen LogP contribution in [0.25, 0.3) is 10.8 Å². The molecule has 0 spiro atoms. The monoisotopic (exact) mass is 472 g/mol. The third-order valence-electron chi connectivity index (χ3n) is 8.52. The molecule has 1 aliphatic heterocycles. The van der Waals surface area contributed by atoms with Gasteiger partial charge in [0.25, 0.3) is 5.91 Å². The SMILES string of the molecule is COc1cccc(C23CCN(C)CC2C(OC)CC(N(C)C(=O)c2ccc4ccccc4c2)C3)c1. The molecule has 5 rings (SSSR count). The highest BCUT2D eigenvalue weighted by molar-refractivity contribution is 5.98. The second-order valence-electron chi connectivity index (χ2n) is 10.4. The van der Waals surface area contributed by atoms with Crippen molar-refractivity contribution in [3.05, 3.63) is 77.9 Å². The topological polar surface area (TPSA) is 42.0 Å². The van der Waals surface area contributed by atoms with Crippen LogP contribution in [0.4, 0.5) is 0 Å². The maximum absolute atomic E-state index is 13.7. The number of carbonyl (C=O) groups is 1. The van der Waals surface area contributed by atoms with Crippen molar-refractivity contribution in [2.75, 3.05) is 41.4 Å². The minimum Gasteiger partial charge on any atom is -0.497 e. The van der Waals surface area contributed by atoms with Gasteiger partial charge in [-0.1, -0.05) is 42.5 Å². The molecule has 1 heterocycles. The average molecular weight is 473 g/mol. The van der Waals surface area contributed by atoms with Crippen molar-refractivity contribution in [1.82, 2.24) is 9.80 Å². The van der Waals surface area contributed by atoms with Crippen LogP contribution in [0.15, 0.2) is 66.7 Å². The molecule has 0 N–H and O–H groups in total. The molecule has 1 saturated carbocycles. The normalized spacial score (nSPS) is 26.8. The third-order valence-corrected chi connectivity index (χ3v) is 8.52. The summed E-state index contributed by atoms with van der Waals surface area (Å²) in [5.41, 5.74) is 1.97. The Hall–Kier alpha value is -2.89. The van der Waals surface area contributed by atoms with Gasteiger partial charge >= 0.3 is 0 Å². The Morgan fingerprint density at radius 1 is 1.03 bits per heavy atom. The number of nitrogens with zero attached hydrogens (tertiary/aromatic N) is 2. The molecule has 4 atom stereocenters. The minimum atomic E-state index is -0.0669. The van der Waals surface area contributed by atoms with E-state index in [1.807, 2.05) is 55.5 Å². The van der Waals surface area contributed by atoms with Crippen LogP contribution >= 0.6 is 0 Å². The number of benzene rings is 3. The predicted molar refractivity (Wildman–Crippen MR) is 140 cm³/mol. The number of likely N-dealkylation sites (tertiary alicyclic amines) is 1. The van der Waals surface area contributed by atoms with E-state index in [-0.39, 0.29) is 23.5 Å². The number of amides is 1. The molecule has 1 aliphatic carbocycles. The number of methoxy groups -OCH3 is 2. The lowest BCUT2D eigenvalue weighted by molar-refractivity contribution is -0.0751. The standard InChI is InChI=1S/C30H36N2O3/c1-31-15-14-30(24-10-7-11-26(17-24)34-3)19-25(18-28(35-4)27(30)20-31)32(2)29(33)23-13-12-21-8-5-6-9-22(21)16-23/h5-13,16-17,25,27-28H,14-15,18-20H2,1-4H3. The summed E-state index contributed by atoms with van der Waals surface area (Å²) in [6.45, 7) is 2.02. The van der Waals surface area contributed by atoms with E-state index in [0.29, 0.717) is 5.92 Å². The van der Waals surface area contributed by atoms with Gasteiger partial charge in [0.2, 0.25) is 0 Å². The van der Waals surface area contributed by atoms with Gasteiger partial charge in [-0.05, 0) is 73.5 Å². The molecule has 3 aromatic carbocycles. The van der Waals surface area contributed by atoms with E-state index in [0.717, 1.165) is 54.4 Å². The lowest BCUT2D eigenvalue weighted by atomic mass is 9.56. The fourth-order valence-corrected chi connectivity index (χ4v) is 6.50. The second kappa shape index (κ2) is 9.63.